The number of nitrogens with one attached hydrogen (secondary N) is 1. The van der Waals surface area contributed by atoms with E-state index in [0.717, 1.165) is 22.0 Å². The Bertz CT molecular complexity index is 445. The molecule has 1 aromatic heterocycles. The zero-order chi connectivity index (χ0) is 12.9. The van der Waals surface area contributed by atoms with Gasteiger partial charge in [0, 0.05) is 11.9 Å². The van der Waals surface area contributed by atoms with Crippen molar-refractivity contribution in [3.8, 4) is 0 Å². The molecular weight excluding hydrogens is 390 g/mol. The standard InChI is InChI=1S/C10H15Br2NO2S2/c1-2-8(5-6-11)7-13-17(14,15)10-4-3-9(12)16-10/h3-4,8,13H,2,5-7H2,1H3. The van der Waals surface area contributed by atoms with Crippen molar-refractivity contribution >= 4 is 53.2 Å². The van der Waals surface area contributed by atoms with Gasteiger partial charge >= 0.3 is 0 Å². The van der Waals surface area contributed by atoms with E-state index in [1.807, 2.05) is 0 Å². The lowest BCUT2D eigenvalue weighted by Gasteiger charge is -2.13. The highest BCUT2D eigenvalue weighted by Crippen LogP contribution is 2.25. The first kappa shape index (κ1) is 15.6. The predicted molar refractivity (Wildman–Crippen MR) is 79.4 cm³/mol. The van der Waals surface area contributed by atoms with Gasteiger partial charge in [-0.15, -0.1) is 11.3 Å². The van der Waals surface area contributed by atoms with Crippen LogP contribution in [0.15, 0.2) is 20.1 Å². The van der Waals surface area contributed by atoms with Gasteiger partial charge in [-0.2, -0.15) is 0 Å². The molecule has 1 N–H and O–H groups in total. The van der Waals surface area contributed by atoms with Crippen molar-refractivity contribution in [3.05, 3.63) is 15.9 Å². The number of thiophene rings is 1. The van der Waals surface area contributed by atoms with Gasteiger partial charge in [-0.05, 0) is 40.4 Å². The molecule has 0 aliphatic heterocycles. The molecule has 1 heterocycles. The lowest BCUT2D eigenvalue weighted by atomic mass is 10.0. The normalized spacial score (nSPS) is 13.8. The van der Waals surface area contributed by atoms with Gasteiger partial charge in [0.2, 0.25) is 10.0 Å². The van der Waals surface area contributed by atoms with Crippen LogP contribution in [0, 0.1) is 5.92 Å². The second-order valence-corrected chi connectivity index (χ2v) is 8.91. The molecule has 17 heavy (non-hydrogen) atoms. The molecule has 0 aliphatic carbocycles. The maximum Gasteiger partial charge on any atom is 0.250 e. The first-order valence-electron chi connectivity index (χ1n) is 5.30. The van der Waals surface area contributed by atoms with Crippen LogP contribution in [0.3, 0.4) is 0 Å². The van der Waals surface area contributed by atoms with Gasteiger partial charge in [0.05, 0.1) is 3.79 Å². The lowest BCUT2D eigenvalue weighted by molar-refractivity contribution is 0.483. The third-order valence-corrected chi connectivity index (χ3v) is 6.47. The molecule has 0 saturated carbocycles. The van der Waals surface area contributed by atoms with Crippen molar-refractivity contribution < 1.29 is 8.42 Å². The van der Waals surface area contributed by atoms with Crippen LogP contribution in [0.25, 0.3) is 0 Å². The molecule has 0 saturated heterocycles. The molecule has 98 valence electrons. The van der Waals surface area contributed by atoms with Gasteiger partial charge in [-0.25, -0.2) is 13.1 Å². The van der Waals surface area contributed by atoms with Gasteiger partial charge in [0.25, 0.3) is 0 Å². The fourth-order valence-electron chi connectivity index (χ4n) is 1.35. The fraction of sp³-hybridized carbons (Fsp3) is 0.600. The van der Waals surface area contributed by atoms with E-state index in [4.69, 9.17) is 0 Å². The molecule has 1 rings (SSSR count). The number of hydrogen-bond acceptors (Lipinski definition) is 3. The van der Waals surface area contributed by atoms with E-state index in [0.29, 0.717) is 16.7 Å². The molecule has 0 fully saturated rings. The Morgan fingerprint density at radius 3 is 2.65 bits per heavy atom. The smallest absolute Gasteiger partial charge is 0.210 e. The van der Waals surface area contributed by atoms with Gasteiger partial charge < -0.3 is 0 Å². The summed E-state index contributed by atoms with van der Waals surface area (Å²) in [7, 11) is -3.34. The SMILES string of the molecule is CCC(CCBr)CNS(=O)(=O)c1ccc(Br)s1. The molecule has 3 nitrogen and oxygen atoms in total. The molecule has 1 unspecified atom stereocenters. The van der Waals surface area contributed by atoms with Crippen LogP contribution in [-0.2, 0) is 10.0 Å². The maximum atomic E-state index is 11.9. The number of hydrogen-bond donors (Lipinski definition) is 1. The number of halogens is 2. The highest BCUT2D eigenvalue weighted by Gasteiger charge is 2.17. The van der Waals surface area contributed by atoms with E-state index in [2.05, 4.69) is 43.5 Å². The first-order valence-corrected chi connectivity index (χ1v) is 9.52. The Labute approximate surface area is 123 Å². The molecule has 0 bridgehead atoms. The second kappa shape index (κ2) is 7.23. The van der Waals surface area contributed by atoms with E-state index in [9.17, 15) is 8.42 Å². The molecular formula is C10H15Br2NO2S2. The van der Waals surface area contributed by atoms with Crippen molar-refractivity contribution in [2.45, 2.75) is 24.0 Å². The largest absolute Gasteiger partial charge is 0.250 e. The van der Waals surface area contributed by atoms with E-state index in [1.165, 1.54) is 11.3 Å². The zero-order valence-corrected chi connectivity index (χ0v) is 14.3. The molecule has 1 aromatic rings. The number of rotatable bonds is 7. The quantitative estimate of drug-likeness (QED) is 0.705. The van der Waals surface area contributed by atoms with Crippen LogP contribution in [-0.4, -0.2) is 20.3 Å². The van der Waals surface area contributed by atoms with Gasteiger partial charge in [-0.3, -0.25) is 0 Å². The van der Waals surface area contributed by atoms with Crippen LogP contribution in [0.5, 0.6) is 0 Å². The average molecular weight is 405 g/mol. The third-order valence-electron chi connectivity index (χ3n) is 2.47. The number of sulfonamides is 1. The Kier molecular flexibility index (Phi) is 6.65. The minimum absolute atomic E-state index is 0.359. The Morgan fingerprint density at radius 1 is 1.47 bits per heavy atom. The van der Waals surface area contributed by atoms with Crippen molar-refractivity contribution in [1.82, 2.24) is 4.72 Å². The highest BCUT2D eigenvalue weighted by molar-refractivity contribution is 9.11. The van der Waals surface area contributed by atoms with E-state index in [-0.39, 0.29) is 0 Å². The summed E-state index contributed by atoms with van der Waals surface area (Å²) < 4.78 is 27.7. The average Bonchev–Trinajstić information content (AvgIpc) is 2.72. The topological polar surface area (TPSA) is 46.2 Å². The third kappa shape index (κ3) is 4.98. The van der Waals surface area contributed by atoms with Crippen LogP contribution in [0.4, 0.5) is 0 Å². The molecule has 7 heteroatoms. The zero-order valence-electron chi connectivity index (χ0n) is 9.45. The molecule has 0 radical (unpaired) electrons. The van der Waals surface area contributed by atoms with Gasteiger partial charge in [0.1, 0.15) is 4.21 Å². The van der Waals surface area contributed by atoms with Crippen LogP contribution in [0.1, 0.15) is 19.8 Å². The first-order chi connectivity index (χ1) is 7.99. The molecule has 1 atom stereocenters. The van der Waals surface area contributed by atoms with Crippen LogP contribution >= 0.6 is 43.2 Å². The van der Waals surface area contributed by atoms with E-state index < -0.39 is 10.0 Å². The Morgan fingerprint density at radius 2 is 2.18 bits per heavy atom. The minimum Gasteiger partial charge on any atom is -0.210 e. The highest BCUT2D eigenvalue weighted by atomic mass is 79.9. The minimum atomic E-state index is -3.34. The van der Waals surface area contributed by atoms with E-state index in [1.54, 1.807) is 12.1 Å². The molecule has 0 aromatic carbocycles. The summed E-state index contributed by atoms with van der Waals surface area (Å²) in [5, 5.41) is 0.901. The predicted octanol–water partition coefficient (Wildman–Crippen LogP) is 3.60. The van der Waals surface area contributed by atoms with Crippen molar-refractivity contribution in [1.29, 1.82) is 0 Å². The summed E-state index contributed by atoms with van der Waals surface area (Å²) in [4.78, 5) is 0. The summed E-state index contributed by atoms with van der Waals surface area (Å²) in [6, 6.07) is 3.36. The summed E-state index contributed by atoms with van der Waals surface area (Å²) in [5.41, 5.74) is 0. The summed E-state index contributed by atoms with van der Waals surface area (Å²) in [6.07, 6.45) is 1.95. The maximum absolute atomic E-state index is 11.9. The summed E-state index contributed by atoms with van der Waals surface area (Å²) in [5.74, 6) is 0.382. The van der Waals surface area contributed by atoms with Crippen molar-refractivity contribution in [3.63, 3.8) is 0 Å². The molecule has 0 spiro atoms. The molecule has 0 amide bonds. The molecule has 0 aliphatic rings. The summed E-state index contributed by atoms with van der Waals surface area (Å²) in [6.45, 7) is 2.57. The van der Waals surface area contributed by atoms with Gasteiger partial charge in [0.15, 0.2) is 0 Å². The van der Waals surface area contributed by atoms with Crippen LogP contribution in [0.2, 0.25) is 0 Å². The lowest BCUT2D eigenvalue weighted by Crippen LogP contribution is -2.28. The van der Waals surface area contributed by atoms with Crippen molar-refractivity contribution in [2.24, 2.45) is 5.92 Å². The fourth-order valence-corrected chi connectivity index (χ4v) is 5.16. The monoisotopic (exact) mass is 403 g/mol. The van der Waals surface area contributed by atoms with Gasteiger partial charge in [-0.1, -0.05) is 29.3 Å². The van der Waals surface area contributed by atoms with Crippen molar-refractivity contribution in [2.75, 3.05) is 11.9 Å². The Balaban J connectivity index is 2.61. The van der Waals surface area contributed by atoms with Crippen LogP contribution < -0.4 is 4.72 Å². The Hall–Kier alpha value is 0.570. The second-order valence-electron chi connectivity index (χ2n) is 3.66. The summed E-state index contributed by atoms with van der Waals surface area (Å²) >= 11 is 7.87. The van der Waals surface area contributed by atoms with E-state index >= 15 is 0 Å². The number of alkyl halides is 1.